The molecule has 0 atom stereocenters. The molecule has 0 bridgehead atoms. The second-order valence-corrected chi connectivity index (χ2v) is 8.90. The van der Waals surface area contributed by atoms with Gasteiger partial charge >= 0.3 is 6.09 Å². The highest BCUT2D eigenvalue weighted by atomic mass is 16.5. The van der Waals surface area contributed by atoms with Crippen molar-refractivity contribution in [3.05, 3.63) is 77.3 Å². The second-order valence-electron chi connectivity index (χ2n) is 8.90. The quantitative estimate of drug-likeness (QED) is 0.381. The van der Waals surface area contributed by atoms with Crippen molar-refractivity contribution in [3.63, 3.8) is 0 Å². The summed E-state index contributed by atoms with van der Waals surface area (Å²) in [6.07, 6.45) is 2.70. The summed E-state index contributed by atoms with van der Waals surface area (Å²) in [4.78, 5) is 33.9. The molecule has 0 unspecified atom stereocenters. The molecule has 0 spiro atoms. The lowest BCUT2D eigenvalue weighted by Gasteiger charge is -2.33. The number of rotatable bonds is 8. The van der Waals surface area contributed by atoms with Gasteiger partial charge in [0.15, 0.2) is 5.78 Å². The van der Waals surface area contributed by atoms with Gasteiger partial charge in [0.25, 0.3) is 0 Å². The number of aryl methyl sites for hydroxylation is 2. The molecule has 1 fully saturated rings. The van der Waals surface area contributed by atoms with E-state index in [1.54, 1.807) is 35.0 Å². The Morgan fingerprint density at radius 1 is 1.06 bits per heavy atom. The topological polar surface area (TPSA) is 92.6 Å². The number of aromatic nitrogens is 3. The van der Waals surface area contributed by atoms with Crippen LogP contribution in [0.5, 0.6) is 0 Å². The van der Waals surface area contributed by atoms with Crippen LogP contribution < -0.4 is 10.2 Å². The zero-order chi connectivity index (χ0) is 25.5. The van der Waals surface area contributed by atoms with Crippen LogP contribution in [0.4, 0.5) is 16.3 Å². The highest BCUT2D eigenvalue weighted by molar-refractivity contribution is 6.07. The number of carbonyl (C=O) groups is 2. The van der Waals surface area contributed by atoms with Crippen LogP contribution in [0.2, 0.25) is 0 Å². The van der Waals surface area contributed by atoms with E-state index in [0.29, 0.717) is 17.8 Å². The molecule has 0 aliphatic carbocycles. The Bertz CT molecular complexity index is 1230. The van der Waals surface area contributed by atoms with Gasteiger partial charge in [-0.2, -0.15) is 5.10 Å². The number of ketones is 1. The molecule has 1 amide bonds. The first-order chi connectivity index (χ1) is 17.4. The molecular weight excluding hydrogens is 456 g/mol. The number of nitrogens with zero attached hydrogens (tertiary/aromatic N) is 5. The lowest BCUT2D eigenvalue weighted by Crippen LogP contribution is -2.44. The van der Waals surface area contributed by atoms with Gasteiger partial charge < -0.3 is 14.5 Å². The Morgan fingerprint density at radius 3 is 2.50 bits per heavy atom. The molecule has 188 valence electrons. The van der Waals surface area contributed by atoms with Crippen molar-refractivity contribution in [3.8, 4) is 0 Å². The lowest BCUT2D eigenvalue weighted by molar-refractivity contribution is 0.104. The summed E-state index contributed by atoms with van der Waals surface area (Å²) in [5.74, 6) is 0.788. The maximum Gasteiger partial charge on any atom is 0.411 e. The Kier molecular flexibility index (Phi) is 8.12. The van der Waals surface area contributed by atoms with Crippen LogP contribution in [0.15, 0.2) is 54.6 Å². The highest BCUT2D eigenvalue weighted by Gasteiger charge is 2.15. The molecule has 0 saturated carbocycles. The first-order valence-corrected chi connectivity index (χ1v) is 12.1. The van der Waals surface area contributed by atoms with Crippen LogP contribution in [0, 0.1) is 13.8 Å². The van der Waals surface area contributed by atoms with E-state index >= 15 is 0 Å². The van der Waals surface area contributed by atoms with E-state index in [1.807, 2.05) is 38.1 Å². The number of benzene rings is 1. The van der Waals surface area contributed by atoms with Crippen molar-refractivity contribution in [2.24, 2.45) is 0 Å². The molecule has 3 heterocycles. The predicted octanol–water partition coefficient (Wildman–Crippen LogP) is 3.79. The van der Waals surface area contributed by atoms with Gasteiger partial charge in [-0.25, -0.2) is 9.78 Å². The smallest absolute Gasteiger partial charge is 0.411 e. The maximum atomic E-state index is 12.6. The number of nitrogens with one attached hydrogen (secondary N) is 1. The van der Waals surface area contributed by atoms with Gasteiger partial charge in [0, 0.05) is 43.1 Å². The molecule has 4 rings (SSSR count). The minimum atomic E-state index is -0.554. The van der Waals surface area contributed by atoms with Gasteiger partial charge in [-0.15, -0.1) is 0 Å². The van der Waals surface area contributed by atoms with Gasteiger partial charge in [-0.05, 0) is 75.5 Å². The van der Waals surface area contributed by atoms with Crippen molar-refractivity contribution in [2.45, 2.75) is 20.4 Å². The van der Waals surface area contributed by atoms with Gasteiger partial charge in [-0.3, -0.25) is 14.8 Å². The molecule has 9 nitrogen and oxygen atoms in total. The van der Waals surface area contributed by atoms with Crippen molar-refractivity contribution in [1.82, 2.24) is 19.7 Å². The monoisotopic (exact) mass is 488 g/mol. The first-order valence-electron chi connectivity index (χ1n) is 12.1. The van der Waals surface area contributed by atoms with E-state index in [9.17, 15) is 9.59 Å². The van der Waals surface area contributed by atoms with Gasteiger partial charge in [0.2, 0.25) is 0 Å². The fraction of sp³-hybridized carbons (Fsp3) is 0.333. The number of hydrogen-bond donors (Lipinski definition) is 1. The zero-order valence-electron chi connectivity index (χ0n) is 21.0. The van der Waals surface area contributed by atoms with Gasteiger partial charge in [-0.1, -0.05) is 6.07 Å². The predicted molar refractivity (Wildman–Crippen MR) is 140 cm³/mol. The minimum absolute atomic E-state index is 0.138. The number of piperazine rings is 1. The van der Waals surface area contributed by atoms with Crippen molar-refractivity contribution < 1.29 is 14.3 Å². The molecule has 3 aromatic rings. The van der Waals surface area contributed by atoms with Gasteiger partial charge in [0.05, 0.1) is 17.9 Å². The number of hydrogen-bond acceptors (Lipinski definition) is 7. The molecule has 1 N–H and O–H groups in total. The molecule has 2 aromatic heterocycles. The number of pyridine rings is 1. The minimum Gasteiger partial charge on any atom is -0.447 e. The van der Waals surface area contributed by atoms with Crippen LogP contribution in [-0.4, -0.2) is 71.4 Å². The van der Waals surface area contributed by atoms with E-state index in [2.05, 4.69) is 32.2 Å². The molecule has 1 aromatic carbocycles. The number of carbonyl (C=O) groups excluding carboxylic acids is 2. The Balaban J connectivity index is 1.27. The summed E-state index contributed by atoms with van der Waals surface area (Å²) >= 11 is 0. The van der Waals surface area contributed by atoms with Gasteiger partial charge in [0.1, 0.15) is 12.4 Å². The van der Waals surface area contributed by atoms with Crippen LogP contribution in [-0.2, 0) is 11.3 Å². The van der Waals surface area contributed by atoms with E-state index in [1.165, 1.54) is 6.08 Å². The average molecular weight is 489 g/mol. The summed E-state index contributed by atoms with van der Waals surface area (Å²) in [7, 11) is 2.12. The number of ether oxygens (including phenoxy) is 1. The van der Waals surface area contributed by atoms with Crippen LogP contribution >= 0.6 is 0 Å². The van der Waals surface area contributed by atoms with Crippen LogP contribution in [0.25, 0.3) is 6.08 Å². The average Bonchev–Trinajstić information content (AvgIpc) is 3.20. The molecule has 1 aliphatic heterocycles. The van der Waals surface area contributed by atoms with E-state index in [0.717, 1.165) is 49.1 Å². The largest absolute Gasteiger partial charge is 0.447 e. The number of amides is 1. The Hall–Kier alpha value is -3.98. The third-order valence-electron chi connectivity index (χ3n) is 6.04. The molecule has 0 radical (unpaired) electrons. The van der Waals surface area contributed by atoms with E-state index in [4.69, 9.17) is 4.74 Å². The summed E-state index contributed by atoms with van der Waals surface area (Å²) in [6.45, 7) is 8.46. The fourth-order valence-corrected chi connectivity index (χ4v) is 4.00. The molecule has 9 heteroatoms. The third-order valence-corrected chi connectivity index (χ3v) is 6.04. The Labute approximate surface area is 211 Å². The SMILES string of the molecule is Cc1cc(C)n(CCOC(=O)Nc2ccc(C(=O)/C=C/c3cccc(N4CCN(C)CC4)n3)cc2)n1. The summed E-state index contributed by atoms with van der Waals surface area (Å²) < 4.78 is 7.04. The standard InChI is InChI=1S/C27H32N6O3/c1-20-19-21(2)33(30-20)17-18-36-27(35)29-24-9-7-22(8-10-24)25(34)12-11-23-5-4-6-26(28-23)32-15-13-31(3)14-16-32/h4-12,19H,13-18H2,1-3H3,(H,29,35)/b12-11+. The maximum absolute atomic E-state index is 12.6. The lowest BCUT2D eigenvalue weighted by atomic mass is 10.1. The van der Waals surface area contributed by atoms with Crippen LogP contribution in [0.3, 0.4) is 0 Å². The van der Waals surface area contributed by atoms with Crippen LogP contribution in [0.1, 0.15) is 27.4 Å². The third kappa shape index (κ3) is 6.79. The van der Waals surface area contributed by atoms with Crippen molar-refractivity contribution in [2.75, 3.05) is 50.1 Å². The zero-order valence-corrected chi connectivity index (χ0v) is 21.0. The second kappa shape index (κ2) is 11.6. The number of allylic oxidation sites excluding steroid dienone is 1. The number of likely N-dealkylation sites (N-methyl/N-ethyl adjacent to an activating group) is 1. The van der Waals surface area contributed by atoms with E-state index in [-0.39, 0.29) is 12.4 Å². The highest BCUT2D eigenvalue weighted by Crippen LogP contribution is 2.16. The summed E-state index contributed by atoms with van der Waals surface area (Å²) in [5.41, 5.74) is 3.75. The number of anilines is 2. The summed E-state index contributed by atoms with van der Waals surface area (Å²) in [5, 5.41) is 7.01. The molecular formula is C27H32N6O3. The Morgan fingerprint density at radius 2 is 1.81 bits per heavy atom. The van der Waals surface area contributed by atoms with E-state index < -0.39 is 6.09 Å². The fourth-order valence-electron chi connectivity index (χ4n) is 4.00. The van der Waals surface area contributed by atoms with Crippen molar-refractivity contribution >= 4 is 29.5 Å². The molecule has 1 saturated heterocycles. The summed E-state index contributed by atoms with van der Waals surface area (Å²) in [6, 6.07) is 14.5. The normalized spacial score (nSPS) is 14.2. The molecule has 1 aliphatic rings. The first kappa shape index (κ1) is 25.1. The van der Waals surface area contributed by atoms with Crippen molar-refractivity contribution in [1.29, 1.82) is 0 Å². The molecule has 36 heavy (non-hydrogen) atoms.